The van der Waals surface area contributed by atoms with Crippen LogP contribution in [0.5, 0.6) is 0 Å². The van der Waals surface area contributed by atoms with Gasteiger partial charge in [0.15, 0.2) is 0 Å². The van der Waals surface area contributed by atoms with E-state index in [-0.39, 0.29) is 11.0 Å². The molecule has 1 heterocycles. The van der Waals surface area contributed by atoms with Gasteiger partial charge in [0.2, 0.25) is 0 Å². The highest BCUT2D eigenvalue weighted by Crippen LogP contribution is 2.30. The van der Waals surface area contributed by atoms with Crippen molar-refractivity contribution in [2.45, 2.75) is 58.5 Å². The quantitative estimate of drug-likeness (QED) is 0.891. The predicted molar refractivity (Wildman–Crippen MR) is 78.3 cm³/mol. The van der Waals surface area contributed by atoms with Gasteiger partial charge in [0.1, 0.15) is 5.01 Å². The lowest BCUT2D eigenvalue weighted by Gasteiger charge is -2.30. The summed E-state index contributed by atoms with van der Waals surface area (Å²) in [7, 11) is 1.73. The van der Waals surface area contributed by atoms with Crippen molar-refractivity contribution in [2.24, 2.45) is 0 Å². The number of hydrogen-bond donors (Lipinski definition) is 1. The highest BCUT2D eigenvalue weighted by molar-refractivity contribution is 7.09. The van der Waals surface area contributed by atoms with E-state index >= 15 is 0 Å². The Labute approximate surface area is 115 Å². The van der Waals surface area contributed by atoms with Gasteiger partial charge in [0, 0.05) is 23.9 Å². The largest absolute Gasteiger partial charge is 0.382 e. The molecule has 104 valence electrons. The lowest BCUT2D eigenvalue weighted by Crippen LogP contribution is -2.47. The van der Waals surface area contributed by atoms with Crippen LogP contribution in [0.15, 0.2) is 5.38 Å². The predicted octanol–water partition coefficient (Wildman–Crippen LogP) is 3.30. The van der Waals surface area contributed by atoms with Gasteiger partial charge in [0.25, 0.3) is 0 Å². The monoisotopic (exact) mass is 270 g/mol. The van der Waals surface area contributed by atoms with E-state index in [4.69, 9.17) is 9.72 Å². The normalized spacial score (nSPS) is 16.0. The molecule has 0 radical (unpaired) electrons. The summed E-state index contributed by atoms with van der Waals surface area (Å²) in [4.78, 5) is 4.80. The number of nitrogens with one attached hydrogen (secondary N) is 1. The zero-order valence-electron chi connectivity index (χ0n) is 12.6. The van der Waals surface area contributed by atoms with E-state index in [1.807, 2.05) is 0 Å². The Morgan fingerprint density at radius 3 is 2.33 bits per heavy atom. The van der Waals surface area contributed by atoms with Gasteiger partial charge in [-0.05, 0) is 20.8 Å². The first-order chi connectivity index (χ1) is 8.19. The number of methoxy groups -OCH3 is 1. The molecule has 0 bridgehead atoms. The molecule has 0 saturated heterocycles. The lowest BCUT2D eigenvalue weighted by atomic mass is 9.93. The summed E-state index contributed by atoms with van der Waals surface area (Å²) in [5.41, 5.74) is 1.04. The van der Waals surface area contributed by atoms with E-state index < -0.39 is 0 Å². The number of aromatic nitrogens is 1. The number of hydrogen-bond acceptors (Lipinski definition) is 4. The van der Waals surface area contributed by atoms with Gasteiger partial charge in [-0.1, -0.05) is 20.8 Å². The van der Waals surface area contributed by atoms with E-state index in [1.54, 1.807) is 18.4 Å². The molecule has 4 heteroatoms. The lowest BCUT2D eigenvalue weighted by molar-refractivity contribution is 0.112. The first kappa shape index (κ1) is 15.6. The molecule has 1 atom stereocenters. The van der Waals surface area contributed by atoms with Gasteiger partial charge in [0.05, 0.1) is 17.8 Å². The standard InChI is InChI=1S/C14H26N2OS/c1-10(2)16-14(6,9-17-7)12-15-11(8-18-12)13(3,4)5/h8,10,16H,9H2,1-7H3. The molecule has 1 N–H and O–H groups in total. The van der Waals surface area contributed by atoms with Gasteiger partial charge in [-0.15, -0.1) is 11.3 Å². The smallest absolute Gasteiger partial charge is 0.115 e. The first-order valence-corrected chi connectivity index (χ1v) is 7.30. The van der Waals surface area contributed by atoms with E-state index in [0.717, 1.165) is 10.7 Å². The fraction of sp³-hybridized carbons (Fsp3) is 0.786. The molecular formula is C14H26N2OS. The molecular weight excluding hydrogens is 244 g/mol. The van der Waals surface area contributed by atoms with Crippen molar-refractivity contribution < 1.29 is 4.74 Å². The highest BCUT2D eigenvalue weighted by atomic mass is 32.1. The van der Waals surface area contributed by atoms with Crippen LogP contribution in [0.1, 0.15) is 52.2 Å². The van der Waals surface area contributed by atoms with Crippen LogP contribution >= 0.6 is 11.3 Å². The van der Waals surface area contributed by atoms with Crippen molar-refractivity contribution in [2.75, 3.05) is 13.7 Å². The minimum Gasteiger partial charge on any atom is -0.382 e. The Bertz CT molecular complexity index is 381. The molecule has 0 spiro atoms. The topological polar surface area (TPSA) is 34.1 Å². The van der Waals surface area contributed by atoms with Gasteiger partial charge < -0.3 is 10.1 Å². The van der Waals surface area contributed by atoms with Crippen LogP contribution in [-0.4, -0.2) is 24.7 Å². The van der Waals surface area contributed by atoms with E-state index in [2.05, 4.69) is 52.2 Å². The Kier molecular flexibility index (Phi) is 4.92. The molecule has 0 aromatic carbocycles. The van der Waals surface area contributed by atoms with Crippen molar-refractivity contribution in [3.63, 3.8) is 0 Å². The van der Waals surface area contributed by atoms with Crippen molar-refractivity contribution >= 4 is 11.3 Å². The van der Waals surface area contributed by atoms with Crippen LogP contribution in [0.3, 0.4) is 0 Å². The van der Waals surface area contributed by atoms with Crippen LogP contribution in [-0.2, 0) is 15.7 Å². The van der Waals surface area contributed by atoms with Crippen LogP contribution < -0.4 is 5.32 Å². The van der Waals surface area contributed by atoms with Crippen LogP contribution in [0.25, 0.3) is 0 Å². The zero-order chi connectivity index (χ0) is 14.0. The van der Waals surface area contributed by atoms with Crippen molar-refractivity contribution in [1.82, 2.24) is 10.3 Å². The van der Waals surface area contributed by atoms with E-state index in [9.17, 15) is 0 Å². The molecule has 0 fully saturated rings. The third kappa shape index (κ3) is 3.77. The summed E-state index contributed by atoms with van der Waals surface area (Å²) >= 11 is 1.71. The van der Waals surface area contributed by atoms with Crippen molar-refractivity contribution in [3.05, 3.63) is 16.1 Å². The summed E-state index contributed by atoms with van der Waals surface area (Å²) in [5, 5.41) is 6.82. The second kappa shape index (κ2) is 5.68. The number of ether oxygens (including phenoxy) is 1. The summed E-state index contributed by atoms with van der Waals surface area (Å²) in [6.07, 6.45) is 0. The molecule has 1 unspecified atom stereocenters. The van der Waals surface area contributed by atoms with Crippen LogP contribution in [0.2, 0.25) is 0 Å². The van der Waals surface area contributed by atoms with Crippen molar-refractivity contribution in [1.29, 1.82) is 0 Å². The van der Waals surface area contributed by atoms with Crippen molar-refractivity contribution in [3.8, 4) is 0 Å². The third-order valence-electron chi connectivity index (χ3n) is 2.78. The van der Waals surface area contributed by atoms with Gasteiger partial charge in [-0.2, -0.15) is 0 Å². The highest BCUT2D eigenvalue weighted by Gasteiger charge is 2.31. The minimum atomic E-state index is -0.211. The molecule has 0 amide bonds. The zero-order valence-corrected chi connectivity index (χ0v) is 13.4. The van der Waals surface area contributed by atoms with Gasteiger partial charge in [-0.3, -0.25) is 0 Å². The molecule has 0 aliphatic heterocycles. The summed E-state index contributed by atoms with van der Waals surface area (Å²) in [6, 6.07) is 0.395. The Morgan fingerprint density at radius 2 is 1.94 bits per heavy atom. The summed E-state index contributed by atoms with van der Waals surface area (Å²) < 4.78 is 5.36. The maximum absolute atomic E-state index is 5.36. The second-order valence-electron chi connectivity index (χ2n) is 6.35. The third-order valence-corrected chi connectivity index (χ3v) is 3.89. The molecule has 1 aromatic rings. The molecule has 0 aliphatic carbocycles. The first-order valence-electron chi connectivity index (χ1n) is 6.42. The maximum Gasteiger partial charge on any atom is 0.115 e. The van der Waals surface area contributed by atoms with Crippen LogP contribution in [0, 0.1) is 0 Å². The average Bonchev–Trinajstić information content (AvgIpc) is 2.64. The van der Waals surface area contributed by atoms with Gasteiger partial charge >= 0.3 is 0 Å². The fourth-order valence-corrected chi connectivity index (χ4v) is 3.12. The molecule has 3 nitrogen and oxygen atoms in total. The fourth-order valence-electron chi connectivity index (χ4n) is 1.96. The van der Waals surface area contributed by atoms with Crippen LogP contribution in [0.4, 0.5) is 0 Å². The molecule has 0 saturated carbocycles. The average molecular weight is 270 g/mol. The number of nitrogens with zero attached hydrogens (tertiary/aromatic N) is 1. The van der Waals surface area contributed by atoms with Gasteiger partial charge in [-0.25, -0.2) is 4.98 Å². The minimum absolute atomic E-state index is 0.0978. The Hall–Kier alpha value is -0.450. The summed E-state index contributed by atoms with van der Waals surface area (Å²) in [6.45, 7) is 13.6. The Balaban J connectivity index is 3.03. The van der Waals surface area contributed by atoms with E-state index in [1.165, 1.54) is 0 Å². The SMILES string of the molecule is COCC(C)(NC(C)C)c1nc(C(C)(C)C)cs1. The molecule has 18 heavy (non-hydrogen) atoms. The molecule has 1 aromatic heterocycles. The molecule has 0 aliphatic rings. The second-order valence-corrected chi connectivity index (χ2v) is 7.21. The number of rotatable bonds is 5. The molecule has 1 rings (SSSR count). The number of thiazole rings is 1. The van der Waals surface area contributed by atoms with E-state index in [0.29, 0.717) is 12.6 Å². The Morgan fingerprint density at radius 1 is 1.33 bits per heavy atom. The maximum atomic E-state index is 5.36. The summed E-state index contributed by atoms with van der Waals surface area (Å²) in [5.74, 6) is 0.